The molecule has 0 fully saturated rings. The van der Waals surface area contributed by atoms with Gasteiger partial charge in [-0.25, -0.2) is 4.98 Å². The third-order valence-electron chi connectivity index (χ3n) is 2.85. The number of nitro benzene ring substituents is 1. The predicted octanol–water partition coefficient (Wildman–Crippen LogP) is 4.62. The summed E-state index contributed by atoms with van der Waals surface area (Å²) >= 11 is 5.80. The minimum Gasteiger partial charge on any atom is -0.352 e. The first-order valence-electron chi connectivity index (χ1n) is 7.00. The fraction of sp³-hybridized carbons (Fsp3) is 0.286. The van der Waals surface area contributed by atoms with Gasteiger partial charge in [-0.2, -0.15) is 18.2 Å². The molecule has 1 aromatic carbocycles. The Kier molecular flexibility index (Phi) is 5.31. The van der Waals surface area contributed by atoms with Gasteiger partial charge < -0.3 is 10.6 Å². The molecule has 0 bridgehead atoms. The summed E-state index contributed by atoms with van der Waals surface area (Å²) < 4.78 is 39.1. The predicted molar refractivity (Wildman–Crippen MR) is 87.2 cm³/mol. The molecule has 0 aliphatic rings. The Hall–Kier alpha value is -2.62. The molecular formula is C14H13ClF3N5O2. The number of alkyl halides is 3. The highest BCUT2D eigenvalue weighted by atomic mass is 35.5. The van der Waals surface area contributed by atoms with Crippen molar-refractivity contribution in [3.63, 3.8) is 0 Å². The Morgan fingerprint density at radius 2 is 1.92 bits per heavy atom. The Bertz CT molecular complexity index is 799. The van der Waals surface area contributed by atoms with Crippen LogP contribution in [0.25, 0.3) is 0 Å². The van der Waals surface area contributed by atoms with Crippen LogP contribution in [0.15, 0.2) is 24.3 Å². The van der Waals surface area contributed by atoms with Gasteiger partial charge >= 0.3 is 6.18 Å². The van der Waals surface area contributed by atoms with Crippen molar-refractivity contribution in [2.75, 3.05) is 10.6 Å². The second-order valence-electron chi connectivity index (χ2n) is 5.30. The number of rotatable bonds is 5. The maximum Gasteiger partial charge on any atom is 0.433 e. The molecule has 0 atom stereocenters. The van der Waals surface area contributed by atoms with Crippen molar-refractivity contribution in [2.45, 2.75) is 26.1 Å². The highest BCUT2D eigenvalue weighted by Gasteiger charge is 2.34. The molecule has 0 saturated heterocycles. The van der Waals surface area contributed by atoms with Crippen molar-refractivity contribution >= 4 is 34.7 Å². The lowest BCUT2D eigenvalue weighted by Crippen LogP contribution is -2.17. The van der Waals surface area contributed by atoms with Crippen LogP contribution in [0.1, 0.15) is 19.5 Å². The van der Waals surface area contributed by atoms with Crippen molar-refractivity contribution in [1.82, 2.24) is 9.97 Å². The number of benzene rings is 1. The molecule has 1 heterocycles. The molecule has 1 aromatic heterocycles. The fourth-order valence-corrected chi connectivity index (χ4v) is 2.06. The third kappa shape index (κ3) is 4.92. The van der Waals surface area contributed by atoms with Crippen LogP contribution in [0.3, 0.4) is 0 Å². The molecule has 2 aromatic rings. The quantitative estimate of drug-likeness (QED) is 0.585. The van der Waals surface area contributed by atoms with Gasteiger partial charge in [0.25, 0.3) is 5.69 Å². The van der Waals surface area contributed by atoms with E-state index in [4.69, 9.17) is 11.6 Å². The van der Waals surface area contributed by atoms with Crippen molar-refractivity contribution < 1.29 is 18.1 Å². The lowest BCUT2D eigenvalue weighted by molar-refractivity contribution is -0.383. The number of anilines is 3. The van der Waals surface area contributed by atoms with Crippen molar-refractivity contribution in [3.8, 4) is 0 Å². The first kappa shape index (κ1) is 18.7. The van der Waals surface area contributed by atoms with Crippen LogP contribution >= 0.6 is 11.6 Å². The zero-order chi connectivity index (χ0) is 18.8. The maximum atomic E-state index is 13.0. The summed E-state index contributed by atoms with van der Waals surface area (Å²) in [6.07, 6.45) is -4.70. The second kappa shape index (κ2) is 7.09. The van der Waals surface area contributed by atoms with Crippen LogP contribution in [0, 0.1) is 10.1 Å². The Balaban J connectivity index is 2.49. The lowest BCUT2D eigenvalue weighted by Gasteiger charge is -2.14. The third-order valence-corrected chi connectivity index (χ3v) is 3.09. The fourth-order valence-electron chi connectivity index (χ4n) is 1.88. The zero-order valence-corrected chi connectivity index (χ0v) is 13.8. The summed E-state index contributed by atoms with van der Waals surface area (Å²) in [6, 6.07) is 4.12. The average molecular weight is 376 g/mol. The lowest BCUT2D eigenvalue weighted by atomic mass is 10.2. The van der Waals surface area contributed by atoms with E-state index in [0.29, 0.717) is 6.07 Å². The Morgan fingerprint density at radius 3 is 2.48 bits per heavy atom. The summed E-state index contributed by atoms with van der Waals surface area (Å²) in [5.41, 5.74) is -1.62. The van der Waals surface area contributed by atoms with Gasteiger partial charge in [-0.15, -0.1) is 0 Å². The number of nitro groups is 1. The number of nitrogens with zero attached hydrogens (tertiary/aromatic N) is 3. The SMILES string of the molecule is CC(C)Nc1nc(Nc2cc(Cl)ccc2[N+](=O)[O-])cc(C(F)(F)F)n1. The van der Waals surface area contributed by atoms with Crippen molar-refractivity contribution in [1.29, 1.82) is 0 Å². The van der Waals surface area contributed by atoms with E-state index >= 15 is 0 Å². The molecule has 0 amide bonds. The van der Waals surface area contributed by atoms with Crippen LogP contribution in [0.2, 0.25) is 5.02 Å². The second-order valence-corrected chi connectivity index (χ2v) is 5.74. The van der Waals surface area contributed by atoms with Crippen molar-refractivity contribution in [2.24, 2.45) is 0 Å². The van der Waals surface area contributed by atoms with Crippen LogP contribution in [-0.2, 0) is 6.18 Å². The topological polar surface area (TPSA) is 93.0 Å². The van der Waals surface area contributed by atoms with E-state index < -0.39 is 16.8 Å². The number of aromatic nitrogens is 2. The van der Waals surface area contributed by atoms with E-state index in [1.165, 1.54) is 12.1 Å². The monoisotopic (exact) mass is 375 g/mol. The molecule has 2 N–H and O–H groups in total. The average Bonchev–Trinajstić information content (AvgIpc) is 2.45. The van der Waals surface area contributed by atoms with E-state index in [9.17, 15) is 23.3 Å². The molecule has 2 rings (SSSR count). The molecule has 25 heavy (non-hydrogen) atoms. The molecule has 134 valence electrons. The van der Waals surface area contributed by atoms with Gasteiger partial charge in [0.2, 0.25) is 5.95 Å². The summed E-state index contributed by atoms with van der Waals surface area (Å²) in [6.45, 7) is 3.41. The minimum absolute atomic E-state index is 0.0835. The van der Waals surface area contributed by atoms with Crippen LogP contribution in [-0.4, -0.2) is 20.9 Å². The number of nitrogens with one attached hydrogen (secondary N) is 2. The van der Waals surface area contributed by atoms with Gasteiger partial charge in [0.1, 0.15) is 11.5 Å². The first-order valence-corrected chi connectivity index (χ1v) is 7.38. The van der Waals surface area contributed by atoms with Gasteiger partial charge in [-0.1, -0.05) is 11.6 Å². The Labute approximate surface area is 145 Å². The first-order chi connectivity index (χ1) is 11.6. The smallest absolute Gasteiger partial charge is 0.352 e. The van der Waals surface area contributed by atoms with Gasteiger partial charge in [-0.3, -0.25) is 10.1 Å². The highest BCUT2D eigenvalue weighted by molar-refractivity contribution is 6.31. The number of hydrogen-bond donors (Lipinski definition) is 2. The number of hydrogen-bond acceptors (Lipinski definition) is 6. The van der Waals surface area contributed by atoms with Crippen LogP contribution in [0.4, 0.5) is 36.3 Å². The molecular weight excluding hydrogens is 363 g/mol. The zero-order valence-electron chi connectivity index (χ0n) is 13.1. The molecule has 7 nitrogen and oxygen atoms in total. The van der Waals surface area contributed by atoms with Crippen molar-refractivity contribution in [3.05, 3.63) is 45.1 Å². The molecule has 0 radical (unpaired) electrons. The molecule has 0 saturated carbocycles. The van der Waals surface area contributed by atoms with E-state index in [-0.39, 0.29) is 34.2 Å². The summed E-state index contributed by atoms with van der Waals surface area (Å²) in [5, 5.41) is 16.4. The molecule has 0 aliphatic heterocycles. The van der Waals surface area contributed by atoms with Gasteiger partial charge in [0.05, 0.1) is 4.92 Å². The van der Waals surface area contributed by atoms with Gasteiger partial charge in [0, 0.05) is 23.2 Å². The van der Waals surface area contributed by atoms with E-state index in [1.807, 2.05) is 0 Å². The molecule has 0 aliphatic carbocycles. The summed E-state index contributed by atoms with van der Waals surface area (Å²) in [4.78, 5) is 17.7. The van der Waals surface area contributed by atoms with Crippen LogP contribution < -0.4 is 10.6 Å². The van der Waals surface area contributed by atoms with Gasteiger partial charge in [0.15, 0.2) is 5.69 Å². The maximum absolute atomic E-state index is 13.0. The molecule has 0 unspecified atom stereocenters. The van der Waals surface area contributed by atoms with E-state index in [2.05, 4.69) is 20.6 Å². The van der Waals surface area contributed by atoms with Crippen LogP contribution in [0.5, 0.6) is 0 Å². The largest absolute Gasteiger partial charge is 0.433 e. The Morgan fingerprint density at radius 1 is 1.24 bits per heavy atom. The van der Waals surface area contributed by atoms with E-state index in [1.54, 1.807) is 13.8 Å². The minimum atomic E-state index is -4.70. The number of halogens is 4. The normalized spacial score (nSPS) is 11.5. The van der Waals surface area contributed by atoms with E-state index in [0.717, 1.165) is 6.07 Å². The molecule has 11 heteroatoms. The summed E-state index contributed by atoms with van der Waals surface area (Å²) in [7, 11) is 0. The molecule has 0 spiro atoms. The summed E-state index contributed by atoms with van der Waals surface area (Å²) in [5.74, 6) is -0.507. The highest BCUT2D eigenvalue weighted by Crippen LogP contribution is 2.33. The van der Waals surface area contributed by atoms with Gasteiger partial charge in [-0.05, 0) is 26.0 Å². The standard InChI is InChI=1S/C14H13ClF3N5O2/c1-7(2)19-13-21-11(14(16,17)18)6-12(22-13)20-9-5-8(15)3-4-10(9)23(24)25/h3-7H,1-2H3,(H2,19,20,21,22).